The highest BCUT2D eigenvalue weighted by atomic mass is 32.2. The number of halogens is 2. The number of amides is 2. The second-order valence-corrected chi connectivity index (χ2v) is 12.6. The van der Waals surface area contributed by atoms with Crippen LogP contribution in [0.25, 0.3) is 10.8 Å². The third-order valence-corrected chi connectivity index (χ3v) is 9.52. The van der Waals surface area contributed by atoms with Crippen LogP contribution in [0.15, 0.2) is 83.1 Å². The fourth-order valence-electron chi connectivity index (χ4n) is 4.49. The average molecular weight is 588 g/mol. The number of carbonyl (C=O) groups is 2. The number of rotatable bonds is 6. The molecule has 12 heteroatoms. The quantitative estimate of drug-likeness (QED) is 0.255. The van der Waals surface area contributed by atoms with Crippen molar-refractivity contribution in [2.45, 2.75) is 29.2 Å². The SMILES string of the molecule is O=C(NN(Cc1cc(F)ccc1F)C(=O)c1cccs1)[C@@H]1C[C@@H](S)CN1S(=O)(=O)c1ccc2ccccc2c1. The minimum absolute atomic E-state index is 0.0201. The van der Waals surface area contributed by atoms with Gasteiger partial charge in [0.05, 0.1) is 16.3 Å². The lowest BCUT2D eigenvalue weighted by Gasteiger charge is -2.28. The van der Waals surface area contributed by atoms with Crippen LogP contribution in [0.1, 0.15) is 21.7 Å². The molecule has 0 spiro atoms. The van der Waals surface area contributed by atoms with Gasteiger partial charge in [-0.1, -0.05) is 36.4 Å². The van der Waals surface area contributed by atoms with Gasteiger partial charge in [0.25, 0.3) is 11.8 Å². The van der Waals surface area contributed by atoms with Crippen molar-refractivity contribution in [3.8, 4) is 0 Å². The molecule has 0 radical (unpaired) electrons. The number of thiol groups is 1. The molecule has 1 aliphatic rings. The third kappa shape index (κ3) is 5.69. The fraction of sp³-hybridized carbons (Fsp3) is 0.185. The Labute approximate surface area is 233 Å². The Bertz CT molecular complexity index is 1650. The molecule has 1 aliphatic heterocycles. The van der Waals surface area contributed by atoms with E-state index in [-0.39, 0.29) is 28.3 Å². The van der Waals surface area contributed by atoms with Gasteiger partial charge in [-0.2, -0.15) is 16.9 Å². The number of hydrogen-bond donors (Lipinski definition) is 2. The lowest BCUT2D eigenvalue weighted by Crippen LogP contribution is -2.53. The summed E-state index contributed by atoms with van der Waals surface area (Å²) >= 11 is 5.55. The van der Waals surface area contributed by atoms with Crippen molar-refractivity contribution in [1.29, 1.82) is 0 Å². The molecular weight excluding hydrogens is 565 g/mol. The molecule has 1 aromatic heterocycles. The molecule has 2 heterocycles. The van der Waals surface area contributed by atoms with Crippen LogP contribution >= 0.6 is 24.0 Å². The molecule has 7 nitrogen and oxygen atoms in total. The Morgan fingerprint density at radius 2 is 1.79 bits per heavy atom. The van der Waals surface area contributed by atoms with Gasteiger partial charge < -0.3 is 0 Å². The van der Waals surface area contributed by atoms with E-state index in [2.05, 4.69) is 18.1 Å². The van der Waals surface area contributed by atoms with Crippen molar-refractivity contribution in [1.82, 2.24) is 14.7 Å². The second-order valence-electron chi connectivity index (χ2n) is 9.07. The van der Waals surface area contributed by atoms with Gasteiger partial charge in [-0.3, -0.25) is 15.0 Å². The van der Waals surface area contributed by atoms with Gasteiger partial charge in [-0.15, -0.1) is 11.3 Å². The van der Waals surface area contributed by atoms with E-state index >= 15 is 0 Å². The molecule has 2 amide bonds. The normalized spacial score (nSPS) is 17.8. The van der Waals surface area contributed by atoms with Crippen molar-refractivity contribution < 1.29 is 26.8 Å². The van der Waals surface area contributed by atoms with Gasteiger partial charge in [0, 0.05) is 17.4 Å². The zero-order valence-corrected chi connectivity index (χ0v) is 22.9. The molecule has 202 valence electrons. The van der Waals surface area contributed by atoms with E-state index in [1.54, 1.807) is 35.7 Å². The van der Waals surface area contributed by atoms with Crippen LogP contribution in [0.2, 0.25) is 0 Å². The van der Waals surface area contributed by atoms with Crippen LogP contribution in [-0.4, -0.2) is 47.4 Å². The summed E-state index contributed by atoms with van der Waals surface area (Å²) in [5.41, 5.74) is 2.31. The number of thiophene rings is 1. The number of hydrazine groups is 1. The molecule has 2 atom stereocenters. The molecule has 0 saturated carbocycles. The van der Waals surface area contributed by atoms with E-state index in [4.69, 9.17) is 0 Å². The molecule has 39 heavy (non-hydrogen) atoms. The van der Waals surface area contributed by atoms with Crippen molar-refractivity contribution in [3.63, 3.8) is 0 Å². The number of nitrogens with zero attached hydrogens (tertiary/aromatic N) is 2. The highest BCUT2D eigenvalue weighted by Gasteiger charge is 2.43. The maximum atomic E-state index is 14.4. The number of carbonyl (C=O) groups excluding carboxylic acids is 2. The number of nitrogens with one attached hydrogen (secondary N) is 1. The lowest BCUT2D eigenvalue weighted by molar-refractivity contribution is -0.128. The highest BCUT2D eigenvalue weighted by Crippen LogP contribution is 2.30. The first kappa shape index (κ1) is 27.3. The van der Waals surface area contributed by atoms with E-state index in [0.29, 0.717) is 0 Å². The van der Waals surface area contributed by atoms with Gasteiger partial charge in [0.1, 0.15) is 17.7 Å². The molecule has 0 unspecified atom stereocenters. The maximum Gasteiger partial charge on any atom is 0.282 e. The first-order valence-corrected chi connectivity index (χ1v) is 14.8. The fourth-order valence-corrected chi connectivity index (χ4v) is 7.33. The number of fused-ring (bicyclic) bond motifs is 1. The van der Waals surface area contributed by atoms with E-state index in [0.717, 1.165) is 49.6 Å². The molecular formula is C27H23F2N3O4S3. The first-order chi connectivity index (χ1) is 18.6. The molecule has 1 N–H and O–H groups in total. The summed E-state index contributed by atoms with van der Waals surface area (Å²) in [5, 5.41) is 3.70. The van der Waals surface area contributed by atoms with Crippen LogP contribution in [0.4, 0.5) is 8.78 Å². The minimum atomic E-state index is -4.12. The van der Waals surface area contributed by atoms with Crippen LogP contribution in [0, 0.1) is 11.6 Å². The number of hydrogen-bond acceptors (Lipinski definition) is 6. The van der Waals surface area contributed by atoms with Gasteiger partial charge in [0.2, 0.25) is 10.0 Å². The summed E-state index contributed by atoms with van der Waals surface area (Å²) in [6.45, 7) is -0.492. The summed E-state index contributed by atoms with van der Waals surface area (Å²) in [5.74, 6) is -2.89. The largest absolute Gasteiger partial charge is 0.282 e. The zero-order valence-electron chi connectivity index (χ0n) is 20.3. The van der Waals surface area contributed by atoms with Gasteiger partial charge in [-0.05, 0) is 59.0 Å². The van der Waals surface area contributed by atoms with E-state index in [9.17, 15) is 26.8 Å². The Balaban J connectivity index is 1.44. The lowest BCUT2D eigenvalue weighted by atomic mass is 10.1. The van der Waals surface area contributed by atoms with Crippen LogP contribution in [-0.2, 0) is 21.4 Å². The summed E-state index contributed by atoms with van der Waals surface area (Å²) < 4.78 is 56.6. The molecule has 0 aliphatic carbocycles. The maximum absolute atomic E-state index is 14.4. The van der Waals surface area contributed by atoms with Crippen molar-refractivity contribution in [2.24, 2.45) is 0 Å². The number of sulfonamides is 1. The van der Waals surface area contributed by atoms with Crippen molar-refractivity contribution in [2.75, 3.05) is 6.54 Å². The van der Waals surface area contributed by atoms with Crippen LogP contribution in [0.5, 0.6) is 0 Å². The van der Waals surface area contributed by atoms with Gasteiger partial charge in [-0.25, -0.2) is 22.2 Å². The minimum Gasteiger partial charge on any atom is -0.271 e. The Morgan fingerprint density at radius 3 is 2.54 bits per heavy atom. The topological polar surface area (TPSA) is 86.8 Å². The smallest absolute Gasteiger partial charge is 0.271 e. The Kier molecular flexibility index (Phi) is 7.72. The van der Waals surface area contributed by atoms with Crippen LogP contribution < -0.4 is 5.43 Å². The Morgan fingerprint density at radius 1 is 1.03 bits per heavy atom. The molecule has 4 aromatic rings. The first-order valence-electron chi connectivity index (χ1n) is 11.9. The zero-order chi connectivity index (χ0) is 27.7. The molecule has 1 fully saturated rings. The number of benzene rings is 3. The second kappa shape index (κ2) is 11.0. The standard InChI is InChI=1S/C27H23F2N3O4S3/c28-20-8-10-23(29)19(12-20)15-31(27(34)25-6-3-11-38-25)30-26(33)24-14-21(37)16-32(24)39(35,36)22-9-7-17-4-1-2-5-18(17)13-22/h1-13,21,24,37H,14-16H2,(H,30,33)/t21-,24+/m1/s1. The Hall–Kier alpha value is -3.32. The van der Waals surface area contributed by atoms with E-state index in [1.807, 2.05) is 12.1 Å². The molecule has 3 aromatic carbocycles. The van der Waals surface area contributed by atoms with E-state index in [1.165, 1.54) is 12.1 Å². The molecule has 5 rings (SSSR count). The van der Waals surface area contributed by atoms with Crippen molar-refractivity contribution >= 4 is 56.6 Å². The summed E-state index contributed by atoms with van der Waals surface area (Å²) in [6, 6.07) is 16.8. The van der Waals surface area contributed by atoms with E-state index < -0.39 is 51.3 Å². The van der Waals surface area contributed by atoms with Gasteiger partial charge in [0.15, 0.2) is 0 Å². The summed E-state index contributed by atoms with van der Waals surface area (Å²) in [4.78, 5) is 27.0. The average Bonchev–Trinajstić information content (AvgIpc) is 3.60. The van der Waals surface area contributed by atoms with Crippen LogP contribution in [0.3, 0.4) is 0 Å². The highest BCUT2D eigenvalue weighted by molar-refractivity contribution is 7.89. The predicted octanol–water partition coefficient (Wildman–Crippen LogP) is 4.61. The monoisotopic (exact) mass is 587 g/mol. The molecule has 1 saturated heterocycles. The van der Waals surface area contributed by atoms with Crippen molar-refractivity contribution in [3.05, 3.63) is 100 Å². The third-order valence-electron chi connectivity index (χ3n) is 6.42. The predicted molar refractivity (Wildman–Crippen MR) is 148 cm³/mol. The summed E-state index contributed by atoms with van der Waals surface area (Å²) in [6.07, 6.45) is 0.0944. The molecule has 0 bridgehead atoms. The summed E-state index contributed by atoms with van der Waals surface area (Å²) in [7, 11) is -4.12. The van der Waals surface area contributed by atoms with Gasteiger partial charge >= 0.3 is 0 Å².